The molecule has 1 rings (SSSR count). The molecule has 0 saturated carbocycles. The fourth-order valence-corrected chi connectivity index (χ4v) is 1.72. The van der Waals surface area contributed by atoms with E-state index >= 15 is 0 Å². The lowest BCUT2D eigenvalue weighted by molar-refractivity contribution is -0.149. The molecule has 78 valence electrons. The Hall–Kier alpha value is -1.12. The van der Waals surface area contributed by atoms with Gasteiger partial charge in [-0.1, -0.05) is 11.6 Å². The van der Waals surface area contributed by atoms with Gasteiger partial charge in [0, 0.05) is 5.92 Å². The molecule has 14 heavy (non-hydrogen) atoms. The lowest BCUT2D eigenvalue weighted by atomic mass is 9.82. The summed E-state index contributed by atoms with van der Waals surface area (Å²) in [6.07, 6.45) is 4.39. The molecule has 0 unspecified atom stereocenters. The summed E-state index contributed by atoms with van der Waals surface area (Å²) in [6, 6.07) is 0. The summed E-state index contributed by atoms with van der Waals surface area (Å²) in [7, 11) is 0. The molecule has 0 bridgehead atoms. The van der Waals surface area contributed by atoms with Crippen molar-refractivity contribution in [2.75, 3.05) is 6.61 Å². The van der Waals surface area contributed by atoms with Crippen LogP contribution in [0.4, 0.5) is 0 Å². The lowest BCUT2D eigenvalue weighted by Crippen LogP contribution is -2.28. The Kier molecular flexibility index (Phi) is 3.86. The zero-order valence-electron chi connectivity index (χ0n) is 8.66. The zero-order valence-corrected chi connectivity index (χ0v) is 8.66. The molecule has 3 nitrogen and oxygen atoms in total. The summed E-state index contributed by atoms with van der Waals surface area (Å²) in [6.45, 7) is 4.12. The number of rotatable bonds is 3. The second-order valence-corrected chi connectivity index (χ2v) is 3.63. The van der Waals surface area contributed by atoms with Gasteiger partial charge in [0.1, 0.15) is 6.29 Å². The number of hydrogen-bond acceptors (Lipinski definition) is 3. The Morgan fingerprint density at radius 1 is 1.71 bits per heavy atom. The Morgan fingerprint density at radius 3 is 3.00 bits per heavy atom. The van der Waals surface area contributed by atoms with Crippen molar-refractivity contribution in [3.05, 3.63) is 11.6 Å². The first-order valence-corrected chi connectivity index (χ1v) is 4.98. The Morgan fingerprint density at radius 2 is 2.43 bits per heavy atom. The first-order chi connectivity index (χ1) is 6.69. The number of carbonyl (C=O) groups excluding carboxylic acids is 2. The second-order valence-electron chi connectivity index (χ2n) is 3.63. The van der Waals surface area contributed by atoms with Crippen LogP contribution < -0.4 is 0 Å². The minimum Gasteiger partial charge on any atom is -0.466 e. The fraction of sp³-hybridized carbons (Fsp3) is 0.636. The molecule has 2 atom stereocenters. The van der Waals surface area contributed by atoms with E-state index in [9.17, 15) is 9.59 Å². The smallest absolute Gasteiger partial charge is 0.313 e. The van der Waals surface area contributed by atoms with E-state index in [1.165, 1.54) is 5.57 Å². The van der Waals surface area contributed by atoms with Crippen LogP contribution in [0, 0.1) is 11.8 Å². The largest absolute Gasteiger partial charge is 0.466 e. The maximum Gasteiger partial charge on any atom is 0.313 e. The van der Waals surface area contributed by atoms with E-state index in [-0.39, 0.29) is 17.8 Å². The van der Waals surface area contributed by atoms with Crippen molar-refractivity contribution in [3.63, 3.8) is 0 Å². The van der Waals surface area contributed by atoms with E-state index < -0.39 is 0 Å². The molecular weight excluding hydrogens is 180 g/mol. The topological polar surface area (TPSA) is 43.4 Å². The van der Waals surface area contributed by atoms with Gasteiger partial charge >= 0.3 is 5.97 Å². The maximum atomic E-state index is 11.5. The van der Waals surface area contributed by atoms with E-state index in [1.54, 1.807) is 6.92 Å². The number of allylic oxidation sites excluding steroid dienone is 1. The molecule has 0 amide bonds. The third-order valence-electron chi connectivity index (χ3n) is 2.53. The second kappa shape index (κ2) is 4.94. The molecule has 1 aliphatic rings. The summed E-state index contributed by atoms with van der Waals surface area (Å²) in [5, 5.41) is 0. The molecule has 0 aromatic rings. The van der Waals surface area contributed by atoms with Gasteiger partial charge in [0.2, 0.25) is 0 Å². The molecule has 0 aromatic heterocycles. The van der Waals surface area contributed by atoms with Crippen molar-refractivity contribution in [1.82, 2.24) is 0 Å². The van der Waals surface area contributed by atoms with Gasteiger partial charge in [-0.3, -0.25) is 4.79 Å². The predicted octanol–water partition coefficient (Wildman–Crippen LogP) is 1.72. The van der Waals surface area contributed by atoms with Gasteiger partial charge in [-0.2, -0.15) is 0 Å². The summed E-state index contributed by atoms with van der Waals surface area (Å²) >= 11 is 0. The Bertz CT molecular complexity index is 255. The van der Waals surface area contributed by atoms with Crippen molar-refractivity contribution in [2.45, 2.75) is 26.7 Å². The van der Waals surface area contributed by atoms with Crippen LogP contribution in [0.25, 0.3) is 0 Å². The van der Waals surface area contributed by atoms with Crippen LogP contribution in [0.15, 0.2) is 11.6 Å². The van der Waals surface area contributed by atoms with Gasteiger partial charge in [0.25, 0.3) is 0 Å². The van der Waals surface area contributed by atoms with E-state index in [4.69, 9.17) is 4.74 Å². The molecule has 0 radical (unpaired) electrons. The Labute approximate surface area is 84.1 Å². The zero-order chi connectivity index (χ0) is 10.6. The van der Waals surface area contributed by atoms with Gasteiger partial charge in [0.15, 0.2) is 0 Å². The SMILES string of the molecule is CCOC(=O)[C@@H]1C=C(C)CC[C@@H]1C=O. The summed E-state index contributed by atoms with van der Waals surface area (Å²) < 4.78 is 4.92. The Balaban J connectivity index is 2.74. The minimum atomic E-state index is -0.360. The molecule has 0 fully saturated rings. The number of aldehydes is 1. The minimum absolute atomic E-state index is 0.197. The van der Waals surface area contributed by atoms with Crippen molar-refractivity contribution in [1.29, 1.82) is 0 Å². The van der Waals surface area contributed by atoms with Crippen LogP contribution in [0.2, 0.25) is 0 Å². The van der Waals surface area contributed by atoms with Crippen LogP contribution >= 0.6 is 0 Å². The highest BCUT2D eigenvalue weighted by molar-refractivity contribution is 5.79. The van der Waals surface area contributed by atoms with Gasteiger partial charge in [-0.05, 0) is 26.7 Å². The molecular formula is C11H16O3. The van der Waals surface area contributed by atoms with Gasteiger partial charge < -0.3 is 9.53 Å². The predicted molar refractivity (Wildman–Crippen MR) is 52.7 cm³/mol. The van der Waals surface area contributed by atoms with Gasteiger partial charge in [-0.25, -0.2) is 0 Å². The number of esters is 1. The molecule has 0 spiro atoms. The quantitative estimate of drug-likeness (QED) is 0.392. The average Bonchev–Trinajstić information content (AvgIpc) is 2.18. The first kappa shape index (κ1) is 11.0. The molecule has 1 aliphatic carbocycles. The van der Waals surface area contributed by atoms with Gasteiger partial charge in [-0.15, -0.1) is 0 Å². The van der Waals surface area contributed by atoms with Crippen LogP contribution in [0.3, 0.4) is 0 Å². The standard InChI is InChI=1S/C11H16O3/c1-3-14-11(13)10-6-8(2)4-5-9(10)7-12/h6-7,9-10H,3-5H2,1-2H3/t9-,10-/m1/s1. The van der Waals surface area contributed by atoms with Crippen LogP contribution in [0.5, 0.6) is 0 Å². The molecule has 0 aliphatic heterocycles. The molecule has 0 aromatic carbocycles. The van der Waals surface area contributed by atoms with E-state index in [0.29, 0.717) is 6.61 Å². The normalized spacial score (nSPS) is 26.6. The third-order valence-corrected chi connectivity index (χ3v) is 2.53. The fourth-order valence-electron chi connectivity index (χ4n) is 1.72. The highest BCUT2D eigenvalue weighted by atomic mass is 16.5. The molecule has 3 heteroatoms. The summed E-state index contributed by atoms with van der Waals surface area (Å²) in [5.74, 6) is -0.831. The monoisotopic (exact) mass is 196 g/mol. The van der Waals surface area contributed by atoms with Crippen molar-refractivity contribution in [3.8, 4) is 0 Å². The van der Waals surface area contributed by atoms with E-state index in [1.807, 2.05) is 13.0 Å². The van der Waals surface area contributed by atoms with Crippen molar-refractivity contribution >= 4 is 12.3 Å². The van der Waals surface area contributed by atoms with Crippen LogP contribution in [-0.2, 0) is 14.3 Å². The van der Waals surface area contributed by atoms with E-state index in [2.05, 4.69) is 0 Å². The number of ether oxygens (including phenoxy) is 1. The van der Waals surface area contributed by atoms with Crippen molar-refractivity contribution in [2.24, 2.45) is 11.8 Å². The van der Waals surface area contributed by atoms with Gasteiger partial charge in [0.05, 0.1) is 12.5 Å². The molecule has 0 saturated heterocycles. The summed E-state index contributed by atoms with van der Waals surface area (Å²) in [4.78, 5) is 22.2. The third kappa shape index (κ3) is 2.44. The number of carbonyl (C=O) groups is 2. The lowest BCUT2D eigenvalue weighted by Gasteiger charge is -2.23. The average molecular weight is 196 g/mol. The number of hydrogen-bond donors (Lipinski definition) is 0. The maximum absolute atomic E-state index is 11.5. The molecule has 0 heterocycles. The summed E-state index contributed by atoms with van der Waals surface area (Å²) in [5.41, 5.74) is 1.17. The highest BCUT2D eigenvalue weighted by Crippen LogP contribution is 2.28. The first-order valence-electron chi connectivity index (χ1n) is 4.98. The van der Waals surface area contributed by atoms with Crippen LogP contribution in [0.1, 0.15) is 26.7 Å². The highest BCUT2D eigenvalue weighted by Gasteiger charge is 2.30. The molecule has 0 N–H and O–H groups in total. The van der Waals surface area contributed by atoms with E-state index in [0.717, 1.165) is 19.1 Å². The van der Waals surface area contributed by atoms with Crippen LogP contribution in [-0.4, -0.2) is 18.9 Å². The van der Waals surface area contributed by atoms with Crippen molar-refractivity contribution < 1.29 is 14.3 Å².